The minimum absolute atomic E-state index is 0.242. The monoisotopic (exact) mass is 429 g/mol. The maximum atomic E-state index is 12.9. The highest BCUT2D eigenvalue weighted by Crippen LogP contribution is 2.24. The van der Waals surface area contributed by atoms with Crippen LogP contribution in [0.1, 0.15) is 16.2 Å². The SMILES string of the molecule is Cc1ncc(-c2ccc3cnc(NC(=O)c4ccnc(N5CCN(C)CC5)c4)nc3c2)o1. The molecule has 0 radical (unpaired) electrons. The lowest BCUT2D eigenvalue weighted by molar-refractivity contribution is 0.102. The van der Waals surface area contributed by atoms with Gasteiger partial charge in [-0.25, -0.2) is 19.9 Å². The minimum atomic E-state index is -0.274. The highest BCUT2D eigenvalue weighted by Gasteiger charge is 2.17. The van der Waals surface area contributed by atoms with Crippen molar-refractivity contribution in [2.45, 2.75) is 6.92 Å². The summed E-state index contributed by atoms with van der Waals surface area (Å²) in [5.74, 6) is 2.04. The molecule has 1 saturated heterocycles. The summed E-state index contributed by atoms with van der Waals surface area (Å²) in [6.07, 6.45) is 5.03. The number of rotatable bonds is 4. The van der Waals surface area contributed by atoms with Gasteiger partial charge in [0.2, 0.25) is 5.95 Å². The highest BCUT2D eigenvalue weighted by molar-refractivity contribution is 6.04. The Kier molecular flexibility index (Phi) is 5.24. The molecule has 4 heterocycles. The second-order valence-electron chi connectivity index (χ2n) is 7.86. The van der Waals surface area contributed by atoms with E-state index in [-0.39, 0.29) is 11.9 Å². The number of piperazine rings is 1. The Morgan fingerprint density at radius 3 is 2.66 bits per heavy atom. The number of hydrogen-bond donors (Lipinski definition) is 1. The van der Waals surface area contributed by atoms with Crippen LogP contribution in [0.3, 0.4) is 0 Å². The number of benzene rings is 1. The number of carbonyl (C=O) groups is 1. The first kappa shape index (κ1) is 20.1. The lowest BCUT2D eigenvalue weighted by Crippen LogP contribution is -2.44. The third-order valence-electron chi connectivity index (χ3n) is 5.55. The molecule has 162 valence electrons. The van der Waals surface area contributed by atoms with Gasteiger partial charge in [0, 0.05) is 62.0 Å². The largest absolute Gasteiger partial charge is 0.441 e. The van der Waals surface area contributed by atoms with Gasteiger partial charge in [0.05, 0.1) is 11.7 Å². The summed E-state index contributed by atoms with van der Waals surface area (Å²) in [6, 6.07) is 9.25. The molecule has 1 fully saturated rings. The predicted molar refractivity (Wildman–Crippen MR) is 122 cm³/mol. The van der Waals surface area contributed by atoms with Crippen molar-refractivity contribution >= 4 is 28.6 Å². The van der Waals surface area contributed by atoms with E-state index in [0.29, 0.717) is 22.7 Å². The minimum Gasteiger partial charge on any atom is -0.441 e. The summed E-state index contributed by atoms with van der Waals surface area (Å²) in [7, 11) is 2.10. The maximum absolute atomic E-state index is 12.9. The van der Waals surface area contributed by atoms with E-state index in [4.69, 9.17) is 4.42 Å². The number of fused-ring (bicyclic) bond motifs is 1. The number of anilines is 2. The van der Waals surface area contributed by atoms with Gasteiger partial charge in [-0.2, -0.15) is 0 Å². The van der Waals surface area contributed by atoms with Crippen LogP contribution >= 0.6 is 0 Å². The van der Waals surface area contributed by atoms with Crippen LogP contribution in [0.2, 0.25) is 0 Å². The lowest BCUT2D eigenvalue weighted by atomic mass is 10.1. The van der Waals surface area contributed by atoms with E-state index >= 15 is 0 Å². The third kappa shape index (κ3) is 4.15. The van der Waals surface area contributed by atoms with E-state index in [1.165, 1.54) is 0 Å². The fourth-order valence-electron chi connectivity index (χ4n) is 3.67. The molecule has 32 heavy (non-hydrogen) atoms. The second kappa shape index (κ2) is 8.35. The van der Waals surface area contributed by atoms with E-state index in [2.05, 4.69) is 42.1 Å². The number of aryl methyl sites for hydroxylation is 1. The van der Waals surface area contributed by atoms with Crippen LogP contribution in [-0.2, 0) is 0 Å². The van der Waals surface area contributed by atoms with E-state index in [9.17, 15) is 4.79 Å². The van der Waals surface area contributed by atoms with Crippen LogP contribution in [0.4, 0.5) is 11.8 Å². The summed E-state index contributed by atoms with van der Waals surface area (Å²) >= 11 is 0. The molecule has 9 nitrogen and oxygen atoms in total. The van der Waals surface area contributed by atoms with Crippen molar-refractivity contribution in [1.82, 2.24) is 24.8 Å². The van der Waals surface area contributed by atoms with Gasteiger partial charge in [0.25, 0.3) is 5.91 Å². The third-order valence-corrected chi connectivity index (χ3v) is 5.55. The molecule has 4 aromatic rings. The first-order chi connectivity index (χ1) is 15.5. The Bertz CT molecular complexity index is 1280. The zero-order chi connectivity index (χ0) is 22.1. The standard InChI is InChI=1S/C23H23N7O2/c1-15-25-14-20(32-15)16-3-4-18-13-26-23(27-19(18)11-16)28-22(31)17-5-6-24-21(12-17)30-9-7-29(2)8-10-30/h3-6,11-14H,7-10H2,1-2H3,(H,26,27,28,31). The van der Waals surface area contributed by atoms with E-state index in [0.717, 1.165) is 42.9 Å². The van der Waals surface area contributed by atoms with Gasteiger partial charge in [-0.05, 0) is 25.2 Å². The number of oxazole rings is 1. The van der Waals surface area contributed by atoms with Crippen LogP contribution in [0.5, 0.6) is 0 Å². The van der Waals surface area contributed by atoms with E-state index in [1.54, 1.807) is 31.6 Å². The summed E-state index contributed by atoms with van der Waals surface area (Å²) in [5, 5.41) is 3.66. The van der Waals surface area contributed by atoms with Gasteiger partial charge < -0.3 is 14.2 Å². The molecule has 0 unspecified atom stereocenters. The molecule has 9 heteroatoms. The van der Waals surface area contributed by atoms with Crippen molar-refractivity contribution < 1.29 is 9.21 Å². The number of hydrogen-bond acceptors (Lipinski definition) is 8. The normalized spacial score (nSPS) is 14.6. The molecule has 1 aromatic carbocycles. The fraction of sp³-hybridized carbons (Fsp3) is 0.261. The Hall–Kier alpha value is -3.85. The van der Waals surface area contributed by atoms with Crippen molar-refractivity contribution in [1.29, 1.82) is 0 Å². The first-order valence-corrected chi connectivity index (χ1v) is 10.5. The topological polar surface area (TPSA) is 100 Å². The Balaban J connectivity index is 1.36. The van der Waals surface area contributed by atoms with Crippen molar-refractivity contribution in [3.63, 3.8) is 0 Å². The molecule has 3 aromatic heterocycles. The first-order valence-electron chi connectivity index (χ1n) is 10.5. The summed E-state index contributed by atoms with van der Waals surface area (Å²) < 4.78 is 5.60. The predicted octanol–water partition coefficient (Wildman–Crippen LogP) is 2.99. The summed E-state index contributed by atoms with van der Waals surface area (Å²) in [5.41, 5.74) is 2.08. The maximum Gasteiger partial charge on any atom is 0.258 e. The molecule has 1 aliphatic heterocycles. The Morgan fingerprint density at radius 2 is 1.88 bits per heavy atom. The van der Waals surface area contributed by atoms with E-state index in [1.807, 2.05) is 24.3 Å². The van der Waals surface area contributed by atoms with Gasteiger partial charge in [0.1, 0.15) is 5.82 Å². The number of pyridine rings is 1. The van der Waals surface area contributed by atoms with Crippen LogP contribution < -0.4 is 10.2 Å². The molecule has 1 amide bonds. The average molecular weight is 429 g/mol. The zero-order valence-electron chi connectivity index (χ0n) is 17.9. The molecule has 0 aliphatic carbocycles. The smallest absolute Gasteiger partial charge is 0.258 e. The van der Waals surface area contributed by atoms with Crippen molar-refractivity contribution in [2.75, 3.05) is 43.4 Å². The lowest BCUT2D eigenvalue weighted by Gasteiger charge is -2.33. The Labute approximate surface area is 185 Å². The molecule has 0 bridgehead atoms. The molecule has 0 spiro atoms. The summed E-state index contributed by atoms with van der Waals surface area (Å²) in [6.45, 7) is 5.51. The molecular weight excluding hydrogens is 406 g/mol. The van der Waals surface area contributed by atoms with Crippen molar-refractivity contribution in [3.8, 4) is 11.3 Å². The van der Waals surface area contributed by atoms with Crippen LogP contribution in [0.25, 0.3) is 22.2 Å². The molecule has 0 atom stereocenters. The molecule has 1 N–H and O–H groups in total. The highest BCUT2D eigenvalue weighted by atomic mass is 16.4. The van der Waals surface area contributed by atoms with Gasteiger partial charge in [0.15, 0.2) is 11.7 Å². The second-order valence-corrected chi connectivity index (χ2v) is 7.86. The quantitative estimate of drug-likeness (QED) is 0.528. The number of nitrogens with zero attached hydrogens (tertiary/aromatic N) is 6. The number of amides is 1. The Morgan fingerprint density at radius 1 is 1.03 bits per heavy atom. The number of likely N-dealkylation sites (N-methyl/N-ethyl adjacent to an activating group) is 1. The van der Waals surface area contributed by atoms with Gasteiger partial charge >= 0.3 is 0 Å². The molecule has 0 saturated carbocycles. The number of aromatic nitrogens is 4. The van der Waals surface area contributed by atoms with Gasteiger partial charge in [-0.1, -0.05) is 12.1 Å². The van der Waals surface area contributed by atoms with Gasteiger partial charge in [-0.15, -0.1) is 0 Å². The van der Waals surface area contributed by atoms with E-state index < -0.39 is 0 Å². The number of nitrogens with one attached hydrogen (secondary N) is 1. The van der Waals surface area contributed by atoms with Crippen LogP contribution in [0, 0.1) is 6.92 Å². The van der Waals surface area contributed by atoms with Crippen molar-refractivity contribution in [2.24, 2.45) is 0 Å². The summed E-state index contributed by atoms with van der Waals surface area (Å²) in [4.78, 5) is 34.7. The van der Waals surface area contributed by atoms with Crippen LogP contribution in [-0.4, -0.2) is 64.0 Å². The fourth-order valence-corrected chi connectivity index (χ4v) is 3.67. The number of carbonyl (C=O) groups excluding carboxylic acids is 1. The zero-order valence-corrected chi connectivity index (χ0v) is 17.9. The molecular formula is C23H23N7O2. The molecule has 5 rings (SSSR count). The van der Waals surface area contributed by atoms with Crippen LogP contribution in [0.15, 0.2) is 53.3 Å². The van der Waals surface area contributed by atoms with Gasteiger partial charge in [-0.3, -0.25) is 10.1 Å². The molecule has 1 aliphatic rings. The average Bonchev–Trinajstić information content (AvgIpc) is 3.25. The van der Waals surface area contributed by atoms with Crippen molar-refractivity contribution in [3.05, 3.63) is 60.4 Å².